The summed E-state index contributed by atoms with van der Waals surface area (Å²) in [6, 6.07) is 10.8. The van der Waals surface area contributed by atoms with Gasteiger partial charge >= 0.3 is 12.1 Å². The number of hydrogen-bond donors (Lipinski definition) is 2. The van der Waals surface area contributed by atoms with Crippen molar-refractivity contribution in [3.63, 3.8) is 0 Å². The zero-order valence-electron chi connectivity index (χ0n) is 18.6. The van der Waals surface area contributed by atoms with E-state index in [4.69, 9.17) is 9.84 Å². The van der Waals surface area contributed by atoms with Crippen LogP contribution in [0.15, 0.2) is 48.5 Å². The SMILES string of the molecule is C[C@H](NC(=O)C(C)(C)N1CC[C@@H](Oc2cccc(C(F)(F)F)c2)C1)c1ccc(C(=O)O)cc1. The number of rotatable bonds is 7. The van der Waals surface area contributed by atoms with Crippen LogP contribution in [-0.2, 0) is 11.0 Å². The molecule has 1 fully saturated rings. The highest BCUT2D eigenvalue weighted by Gasteiger charge is 2.40. The van der Waals surface area contributed by atoms with Gasteiger partial charge in [0.15, 0.2) is 0 Å². The largest absolute Gasteiger partial charge is 0.489 e. The summed E-state index contributed by atoms with van der Waals surface area (Å²) in [6.45, 7) is 6.35. The van der Waals surface area contributed by atoms with Crippen LogP contribution in [0.3, 0.4) is 0 Å². The molecule has 0 bridgehead atoms. The Kier molecular flexibility index (Phi) is 7.02. The minimum atomic E-state index is -4.44. The molecular weight excluding hydrogens is 437 g/mol. The van der Waals surface area contributed by atoms with Crippen molar-refractivity contribution < 1.29 is 32.6 Å². The molecule has 1 amide bonds. The maximum Gasteiger partial charge on any atom is 0.416 e. The van der Waals surface area contributed by atoms with E-state index < -0.39 is 23.2 Å². The molecule has 3 rings (SSSR count). The average molecular weight is 464 g/mol. The van der Waals surface area contributed by atoms with Gasteiger partial charge in [-0.2, -0.15) is 13.2 Å². The summed E-state index contributed by atoms with van der Waals surface area (Å²) in [6.07, 6.45) is -4.19. The Labute approximate surface area is 190 Å². The van der Waals surface area contributed by atoms with Crippen LogP contribution in [0.25, 0.3) is 0 Å². The molecule has 0 aliphatic carbocycles. The number of benzene rings is 2. The van der Waals surface area contributed by atoms with Crippen molar-refractivity contribution in [2.75, 3.05) is 13.1 Å². The van der Waals surface area contributed by atoms with Crippen molar-refractivity contribution in [1.29, 1.82) is 0 Å². The molecule has 9 heteroatoms. The molecule has 0 aromatic heterocycles. The average Bonchev–Trinajstić information content (AvgIpc) is 3.22. The number of carbonyl (C=O) groups excluding carboxylic acids is 1. The highest BCUT2D eigenvalue weighted by molar-refractivity contribution is 5.88. The molecule has 0 unspecified atom stereocenters. The third-order valence-electron chi connectivity index (χ3n) is 5.96. The van der Waals surface area contributed by atoms with Crippen molar-refractivity contribution in [2.45, 2.75) is 51.1 Å². The lowest BCUT2D eigenvalue weighted by atomic mass is 10.00. The fourth-order valence-corrected chi connectivity index (χ4v) is 3.78. The Balaban J connectivity index is 1.60. The number of nitrogens with zero attached hydrogens (tertiary/aromatic N) is 1. The molecule has 1 aliphatic rings. The number of ether oxygens (including phenoxy) is 1. The minimum absolute atomic E-state index is 0.150. The number of likely N-dealkylation sites (tertiary alicyclic amines) is 1. The van der Waals surface area contributed by atoms with Crippen LogP contribution in [-0.4, -0.2) is 46.6 Å². The van der Waals surface area contributed by atoms with Crippen molar-refractivity contribution in [2.24, 2.45) is 0 Å². The number of hydrogen-bond acceptors (Lipinski definition) is 4. The van der Waals surface area contributed by atoms with Gasteiger partial charge in [0, 0.05) is 13.1 Å². The highest BCUT2D eigenvalue weighted by Crippen LogP contribution is 2.32. The van der Waals surface area contributed by atoms with Crippen molar-refractivity contribution >= 4 is 11.9 Å². The minimum Gasteiger partial charge on any atom is -0.489 e. The Hall–Kier alpha value is -3.07. The van der Waals surface area contributed by atoms with E-state index in [1.54, 1.807) is 26.0 Å². The van der Waals surface area contributed by atoms with Gasteiger partial charge in [-0.05, 0) is 63.1 Å². The number of aromatic carboxylic acids is 1. The van der Waals surface area contributed by atoms with Gasteiger partial charge in [0.1, 0.15) is 11.9 Å². The van der Waals surface area contributed by atoms with E-state index >= 15 is 0 Å². The molecule has 1 heterocycles. The first-order valence-corrected chi connectivity index (χ1v) is 10.6. The van der Waals surface area contributed by atoms with Gasteiger partial charge in [0.2, 0.25) is 5.91 Å². The van der Waals surface area contributed by atoms with Crippen molar-refractivity contribution in [3.05, 3.63) is 65.2 Å². The van der Waals surface area contributed by atoms with Crippen LogP contribution in [0.1, 0.15) is 54.7 Å². The van der Waals surface area contributed by atoms with E-state index in [-0.39, 0.29) is 29.4 Å². The second-order valence-corrected chi connectivity index (χ2v) is 8.68. The first-order valence-electron chi connectivity index (χ1n) is 10.6. The Morgan fingerprint density at radius 2 is 1.82 bits per heavy atom. The first kappa shape index (κ1) is 24.6. The molecule has 2 N–H and O–H groups in total. The van der Waals surface area contributed by atoms with E-state index in [0.29, 0.717) is 19.5 Å². The number of carbonyl (C=O) groups is 2. The summed E-state index contributed by atoms with van der Waals surface area (Å²) in [4.78, 5) is 26.0. The van der Waals surface area contributed by atoms with E-state index in [2.05, 4.69) is 5.32 Å². The smallest absolute Gasteiger partial charge is 0.416 e. The number of carboxylic acid groups (broad SMARTS) is 1. The van der Waals surface area contributed by atoms with Gasteiger partial charge < -0.3 is 15.2 Å². The van der Waals surface area contributed by atoms with Crippen molar-refractivity contribution in [3.8, 4) is 5.75 Å². The van der Waals surface area contributed by atoms with Gasteiger partial charge in [0.05, 0.1) is 22.7 Å². The van der Waals surface area contributed by atoms with E-state index in [1.807, 2.05) is 11.8 Å². The zero-order chi connectivity index (χ0) is 24.4. The summed E-state index contributed by atoms with van der Waals surface area (Å²) in [5, 5.41) is 12.0. The zero-order valence-corrected chi connectivity index (χ0v) is 18.6. The van der Waals surface area contributed by atoms with Gasteiger partial charge in [-0.15, -0.1) is 0 Å². The topological polar surface area (TPSA) is 78.9 Å². The molecule has 2 aromatic rings. The lowest BCUT2D eigenvalue weighted by Gasteiger charge is -2.35. The highest BCUT2D eigenvalue weighted by atomic mass is 19.4. The van der Waals surface area contributed by atoms with E-state index in [0.717, 1.165) is 17.7 Å². The molecule has 1 aliphatic heterocycles. The van der Waals surface area contributed by atoms with Crippen LogP contribution < -0.4 is 10.1 Å². The normalized spacial score (nSPS) is 18.1. The lowest BCUT2D eigenvalue weighted by Crippen LogP contribution is -2.54. The fraction of sp³-hybridized carbons (Fsp3) is 0.417. The van der Waals surface area contributed by atoms with Gasteiger partial charge in [0.25, 0.3) is 0 Å². The monoisotopic (exact) mass is 464 g/mol. The summed E-state index contributed by atoms with van der Waals surface area (Å²) in [5.74, 6) is -1.08. The van der Waals surface area contributed by atoms with Gasteiger partial charge in [-0.3, -0.25) is 9.69 Å². The quantitative estimate of drug-likeness (QED) is 0.630. The number of halogens is 3. The van der Waals surface area contributed by atoms with E-state index in [1.165, 1.54) is 24.3 Å². The summed E-state index contributed by atoms with van der Waals surface area (Å²) >= 11 is 0. The third-order valence-corrected chi connectivity index (χ3v) is 5.96. The van der Waals surface area contributed by atoms with Crippen LogP contribution >= 0.6 is 0 Å². The molecule has 0 radical (unpaired) electrons. The predicted molar refractivity (Wildman–Crippen MR) is 116 cm³/mol. The maximum atomic E-state index is 13.0. The number of nitrogens with one attached hydrogen (secondary N) is 1. The molecule has 0 spiro atoms. The molecule has 2 aromatic carbocycles. The van der Waals surface area contributed by atoms with Gasteiger partial charge in [-0.1, -0.05) is 18.2 Å². The molecule has 1 saturated heterocycles. The molecule has 33 heavy (non-hydrogen) atoms. The third kappa shape index (κ3) is 5.84. The van der Waals surface area contributed by atoms with Crippen LogP contribution in [0.4, 0.5) is 13.2 Å². The Morgan fingerprint density at radius 1 is 1.15 bits per heavy atom. The summed E-state index contributed by atoms with van der Waals surface area (Å²) in [7, 11) is 0. The molecule has 0 saturated carbocycles. The predicted octanol–water partition coefficient (Wildman–Crippen LogP) is 4.51. The second kappa shape index (κ2) is 9.43. The van der Waals surface area contributed by atoms with Gasteiger partial charge in [-0.25, -0.2) is 4.79 Å². The molecule has 2 atom stereocenters. The summed E-state index contributed by atoms with van der Waals surface area (Å²) in [5.41, 5.74) is -0.695. The summed E-state index contributed by atoms with van der Waals surface area (Å²) < 4.78 is 44.6. The van der Waals surface area contributed by atoms with Crippen LogP contribution in [0.5, 0.6) is 5.75 Å². The Bertz CT molecular complexity index is 1010. The van der Waals surface area contributed by atoms with E-state index in [9.17, 15) is 22.8 Å². The Morgan fingerprint density at radius 3 is 2.42 bits per heavy atom. The first-order chi connectivity index (χ1) is 15.4. The number of alkyl halides is 3. The molecular formula is C24H27F3N2O4. The molecule has 6 nitrogen and oxygen atoms in total. The number of amides is 1. The van der Waals surface area contributed by atoms with Crippen molar-refractivity contribution in [1.82, 2.24) is 10.2 Å². The second-order valence-electron chi connectivity index (χ2n) is 8.68. The van der Waals surface area contributed by atoms with Crippen LogP contribution in [0.2, 0.25) is 0 Å². The standard InChI is InChI=1S/C24H27F3N2O4/c1-15(16-7-9-17(10-8-16)21(30)31)28-22(32)23(2,3)29-12-11-20(14-29)33-19-6-4-5-18(13-19)24(25,26)27/h4-10,13,15,20H,11-12,14H2,1-3H3,(H,28,32)(H,30,31)/t15-,20+/m0/s1. The maximum absolute atomic E-state index is 13.0. The molecule has 178 valence electrons. The number of carboxylic acids is 1. The van der Waals surface area contributed by atoms with Crippen LogP contribution in [0, 0.1) is 0 Å². The lowest BCUT2D eigenvalue weighted by molar-refractivity contribution is -0.137. The fourth-order valence-electron chi connectivity index (χ4n) is 3.78.